The molecule has 1 N–H and O–H groups in total. The van der Waals surface area contributed by atoms with Gasteiger partial charge in [-0.1, -0.05) is 19.1 Å². The zero-order valence-electron chi connectivity index (χ0n) is 10.1. The van der Waals surface area contributed by atoms with E-state index in [2.05, 4.69) is 12.2 Å². The lowest BCUT2D eigenvalue weighted by atomic mass is 10.1. The van der Waals surface area contributed by atoms with Crippen molar-refractivity contribution in [3.8, 4) is 0 Å². The molecule has 0 bridgehead atoms. The van der Waals surface area contributed by atoms with E-state index in [1.165, 1.54) is 5.56 Å². The molecule has 0 saturated heterocycles. The number of rotatable bonds is 4. The fraction of sp³-hybridized carbons (Fsp3) is 0.214. The maximum atomic E-state index is 11.8. The topological polar surface area (TPSA) is 42.2 Å². The van der Waals surface area contributed by atoms with Crippen LogP contribution in [0.1, 0.15) is 28.8 Å². The maximum Gasteiger partial charge on any atom is 0.291 e. The highest BCUT2D eigenvalue weighted by Gasteiger charge is 2.10. The highest BCUT2D eigenvalue weighted by Crippen LogP contribution is 2.14. The van der Waals surface area contributed by atoms with Gasteiger partial charge >= 0.3 is 0 Å². The summed E-state index contributed by atoms with van der Waals surface area (Å²) in [4.78, 5) is 11.8. The van der Waals surface area contributed by atoms with E-state index in [0.29, 0.717) is 5.76 Å². The Hall–Kier alpha value is -1.74. The van der Waals surface area contributed by atoms with Crippen LogP contribution in [-0.4, -0.2) is 5.91 Å². The lowest BCUT2D eigenvalue weighted by Crippen LogP contribution is -2.10. The molecule has 1 aromatic heterocycles. The van der Waals surface area contributed by atoms with E-state index in [1.54, 1.807) is 12.1 Å². The van der Waals surface area contributed by atoms with Crippen molar-refractivity contribution in [2.24, 2.45) is 0 Å². The Morgan fingerprint density at radius 1 is 1.22 bits per heavy atom. The van der Waals surface area contributed by atoms with Crippen molar-refractivity contribution in [3.63, 3.8) is 0 Å². The number of aryl methyl sites for hydroxylation is 1. The van der Waals surface area contributed by atoms with Gasteiger partial charge in [0.25, 0.3) is 5.91 Å². The van der Waals surface area contributed by atoms with Crippen LogP contribution in [0, 0.1) is 0 Å². The second-order valence-corrected chi connectivity index (χ2v) is 4.17. The number of carbonyl (C=O) groups excluding carboxylic acids is 1. The van der Waals surface area contributed by atoms with E-state index >= 15 is 0 Å². The fourth-order valence-electron chi connectivity index (χ4n) is 1.59. The SMILES string of the molecule is CCc1ccc(NC(=O)c2ccc(CCl)o2)cc1. The fourth-order valence-corrected chi connectivity index (χ4v) is 1.73. The highest BCUT2D eigenvalue weighted by atomic mass is 35.5. The predicted molar refractivity (Wildman–Crippen MR) is 72.0 cm³/mol. The summed E-state index contributed by atoms with van der Waals surface area (Å²) in [5, 5.41) is 2.77. The molecule has 0 fully saturated rings. The summed E-state index contributed by atoms with van der Waals surface area (Å²) in [5.41, 5.74) is 1.98. The molecule has 3 nitrogen and oxygen atoms in total. The van der Waals surface area contributed by atoms with Crippen LogP contribution in [-0.2, 0) is 12.3 Å². The molecule has 94 valence electrons. The Morgan fingerprint density at radius 3 is 2.50 bits per heavy atom. The number of hydrogen-bond acceptors (Lipinski definition) is 2. The summed E-state index contributed by atoms with van der Waals surface area (Å²) in [7, 11) is 0. The zero-order valence-corrected chi connectivity index (χ0v) is 10.8. The lowest BCUT2D eigenvalue weighted by molar-refractivity contribution is 0.0995. The quantitative estimate of drug-likeness (QED) is 0.852. The number of furan rings is 1. The largest absolute Gasteiger partial charge is 0.455 e. The highest BCUT2D eigenvalue weighted by molar-refractivity contribution is 6.16. The van der Waals surface area contributed by atoms with Gasteiger partial charge in [-0.25, -0.2) is 0 Å². The molecule has 0 aliphatic rings. The van der Waals surface area contributed by atoms with Crippen LogP contribution >= 0.6 is 11.6 Å². The van der Waals surface area contributed by atoms with Crippen molar-refractivity contribution in [2.75, 3.05) is 5.32 Å². The Morgan fingerprint density at radius 2 is 1.94 bits per heavy atom. The molecule has 1 amide bonds. The number of carbonyl (C=O) groups is 1. The average molecular weight is 264 g/mol. The van der Waals surface area contributed by atoms with Gasteiger partial charge in [0.05, 0.1) is 5.88 Å². The van der Waals surface area contributed by atoms with Crippen LogP contribution < -0.4 is 5.32 Å². The van der Waals surface area contributed by atoms with Gasteiger partial charge < -0.3 is 9.73 Å². The molecule has 18 heavy (non-hydrogen) atoms. The second-order valence-electron chi connectivity index (χ2n) is 3.90. The third kappa shape index (κ3) is 2.93. The van der Waals surface area contributed by atoms with Gasteiger partial charge in [-0.05, 0) is 36.2 Å². The standard InChI is InChI=1S/C14H14ClNO2/c1-2-10-3-5-11(6-4-10)16-14(17)13-8-7-12(9-15)18-13/h3-8H,2,9H2,1H3,(H,16,17). The third-order valence-corrected chi connectivity index (χ3v) is 2.90. The van der Waals surface area contributed by atoms with E-state index in [1.807, 2.05) is 24.3 Å². The minimum absolute atomic E-state index is 0.262. The van der Waals surface area contributed by atoms with Crippen molar-refractivity contribution in [2.45, 2.75) is 19.2 Å². The summed E-state index contributed by atoms with van der Waals surface area (Å²) in [6, 6.07) is 11.0. The van der Waals surface area contributed by atoms with Crippen LogP contribution in [0.2, 0.25) is 0 Å². The van der Waals surface area contributed by atoms with Gasteiger partial charge in [-0.3, -0.25) is 4.79 Å². The van der Waals surface area contributed by atoms with Crippen molar-refractivity contribution in [1.29, 1.82) is 0 Å². The molecule has 1 aromatic carbocycles. The monoisotopic (exact) mass is 263 g/mol. The summed E-state index contributed by atoms with van der Waals surface area (Å²) >= 11 is 5.61. The van der Waals surface area contributed by atoms with Gasteiger partial charge in [0, 0.05) is 5.69 Å². The van der Waals surface area contributed by atoms with Crippen LogP contribution in [0.3, 0.4) is 0 Å². The maximum absolute atomic E-state index is 11.8. The first kappa shape index (κ1) is 12.7. The number of alkyl halides is 1. The van der Waals surface area contributed by atoms with Gasteiger partial charge in [-0.15, -0.1) is 11.6 Å². The van der Waals surface area contributed by atoms with Crippen LogP contribution in [0.4, 0.5) is 5.69 Å². The van der Waals surface area contributed by atoms with Crippen molar-refractivity contribution in [3.05, 3.63) is 53.5 Å². The Balaban J connectivity index is 2.06. The number of nitrogens with one attached hydrogen (secondary N) is 1. The van der Waals surface area contributed by atoms with Crippen molar-refractivity contribution >= 4 is 23.2 Å². The molecule has 2 aromatic rings. The van der Waals surface area contributed by atoms with Gasteiger partial charge in [0.15, 0.2) is 5.76 Å². The van der Waals surface area contributed by atoms with E-state index < -0.39 is 0 Å². The van der Waals surface area contributed by atoms with Crippen molar-refractivity contribution in [1.82, 2.24) is 0 Å². The van der Waals surface area contributed by atoms with E-state index in [-0.39, 0.29) is 17.5 Å². The lowest BCUT2D eigenvalue weighted by Gasteiger charge is -2.04. The minimum atomic E-state index is -0.268. The minimum Gasteiger partial charge on any atom is -0.455 e. The summed E-state index contributed by atoms with van der Waals surface area (Å²) in [6.45, 7) is 2.09. The molecule has 0 aliphatic carbocycles. The van der Waals surface area contributed by atoms with Crippen LogP contribution in [0.5, 0.6) is 0 Å². The Bertz CT molecular complexity index is 531. The first-order chi connectivity index (χ1) is 8.72. The van der Waals surface area contributed by atoms with Gasteiger partial charge in [-0.2, -0.15) is 0 Å². The molecule has 2 rings (SSSR count). The molecule has 0 aliphatic heterocycles. The zero-order chi connectivity index (χ0) is 13.0. The third-order valence-electron chi connectivity index (χ3n) is 2.64. The Kier molecular flexibility index (Phi) is 4.05. The van der Waals surface area contributed by atoms with E-state index in [9.17, 15) is 4.79 Å². The summed E-state index contributed by atoms with van der Waals surface area (Å²) in [5.74, 6) is 0.849. The molecule has 4 heteroatoms. The molecule has 0 unspecified atom stereocenters. The van der Waals surface area contributed by atoms with E-state index in [4.69, 9.17) is 16.0 Å². The molecule has 0 radical (unpaired) electrons. The normalized spacial score (nSPS) is 10.3. The van der Waals surface area contributed by atoms with Gasteiger partial charge in [0.1, 0.15) is 5.76 Å². The van der Waals surface area contributed by atoms with Gasteiger partial charge in [0.2, 0.25) is 0 Å². The number of anilines is 1. The summed E-state index contributed by atoms with van der Waals surface area (Å²) < 4.78 is 5.27. The molecular formula is C14H14ClNO2. The number of benzene rings is 1. The first-order valence-corrected chi connectivity index (χ1v) is 6.31. The van der Waals surface area contributed by atoms with Crippen molar-refractivity contribution < 1.29 is 9.21 Å². The molecule has 0 spiro atoms. The molecule has 0 atom stereocenters. The molecular weight excluding hydrogens is 250 g/mol. The molecule has 1 heterocycles. The van der Waals surface area contributed by atoms with Crippen LogP contribution in [0.15, 0.2) is 40.8 Å². The first-order valence-electron chi connectivity index (χ1n) is 5.78. The smallest absolute Gasteiger partial charge is 0.291 e. The number of hydrogen-bond donors (Lipinski definition) is 1. The average Bonchev–Trinajstić information content (AvgIpc) is 2.88. The number of amides is 1. The predicted octanol–water partition coefficient (Wildman–Crippen LogP) is 3.83. The summed E-state index contributed by atoms with van der Waals surface area (Å²) in [6.07, 6.45) is 0.978. The van der Waals surface area contributed by atoms with Crippen LogP contribution in [0.25, 0.3) is 0 Å². The molecule has 0 saturated carbocycles. The second kappa shape index (κ2) is 5.74. The Labute approximate surface area is 111 Å². The van der Waals surface area contributed by atoms with E-state index in [0.717, 1.165) is 12.1 Å². The number of halogens is 1.